The number of aliphatic hydroxyl groups is 4. The summed E-state index contributed by atoms with van der Waals surface area (Å²) in [5.74, 6) is 0. The molecule has 1 heterocycles. The van der Waals surface area contributed by atoms with Gasteiger partial charge in [-0.05, 0) is 6.42 Å². The summed E-state index contributed by atoms with van der Waals surface area (Å²) < 4.78 is 5.19. The lowest BCUT2D eigenvalue weighted by Crippen LogP contribution is -2.58. The lowest BCUT2D eigenvalue weighted by molar-refractivity contribution is -0.227. The van der Waals surface area contributed by atoms with E-state index in [1.165, 1.54) is 0 Å². The van der Waals surface area contributed by atoms with Gasteiger partial charge in [0, 0.05) is 0 Å². The molecule has 0 radical (unpaired) electrons. The average Bonchev–Trinajstić information content (AvgIpc) is 2.19. The van der Waals surface area contributed by atoms with Gasteiger partial charge in [0.25, 0.3) is 0 Å². The van der Waals surface area contributed by atoms with E-state index < -0.39 is 37.1 Å². The van der Waals surface area contributed by atoms with Gasteiger partial charge in [0.15, 0.2) is 0 Å². The number of hydrogen-bond acceptors (Lipinski definition) is 5. The van der Waals surface area contributed by atoms with Crippen molar-refractivity contribution in [3.63, 3.8) is 0 Å². The Kier molecular flexibility index (Phi) is 4.03. The van der Waals surface area contributed by atoms with Crippen LogP contribution in [0, 0.1) is 0 Å². The fourth-order valence-corrected chi connectivity index (χ4v) is 1.54. The molecule has 1 aliphatic rings. The van der Waals surface area contributed by atoms with E-state index in [9.17, 15) is 15.3 Å². The number of rotatable bonds is 3. The van der Waals surface area contributed by atoms with Gasteiger partial charge in [-0.1, -0.05) is 6.08 Å². The largest absolute Gasteiger partial charge is 0.394 e. The molecular formula is C9H16O5. The van der Waals surface area contributed by atoms with Crippen LogP contribution in [0.2, 0.25) is 0 Å². The van der Waals surface area contributed by atoms with Gasteiger partial charge in [-0.25, -0.2) is 0 Å². The highest BCUT2D eigenvalue weighted by molar-refractivity contribution is 4.94. The molecule has 14 heavy (non-hydrogen) atoms. The van der Waals surface area contributed by atoms with Crippen LogP contribution in [0.3, 0.4) is 0 Å². The molecule has 1 aliphatic heterocycles. The van der Waals surface area contributed by atoms with E-state index in [0.29, 0.717) is 6.42 Å². The molecular weight excluding hydrogens is 188 g/mol. The minimum atomic E-state index is -1.29. The predicted octanol–water partition coefficient (Wildman–Crippen LogP) is -1.60. The van der Waals surface area contributed by atoms with Crippen molar-refractivity contribution in [3.8, 4) is 0 Å². The lowest BCUT2D eigenvalue weighted by Gasteiger charge is -2.39. The SMILES string of the molecule is C=CCC1O[C@H](CO)[C@H](O)[C@H](O)[C@H]1O. The summed E-state index contributed by atoms with van der Waals surface area (Å²) in [7, 11) is 0. The van der Waals surface area contributed by atoms with E-state index in [2.05, 4.69) is 6.58 Å². The third-order valence-corrected chi connectivity index (χ3v) is 2.39. The molecule has 0 amide bonds. The van der Waals surface area contributed by atoms with E-state index in [1.54, 1.807) is 6.08 Å². The van der Waals surface area contributed by atoms with Crippen molar-refractivity contribution in [3.05, 3.63) is 12.7 Å². The van der Waals surface area contributed by atoms with Crippen LogP contribution in [0.1, 0.15) is 6.42 Å². The van der Waals surface area contributed by atoms with Crippen LogP contribution < -0.4 is 0 Å². The van der Waals surface area contributed by atoms with Gasteiger partial charge in [0.1, 0.15) is 24.4 Å². The Morgan fingerprint density at radius 3 is 2.14 bits per heavy atom. The summed E-state index contributed by atoms with van der Waals surface area (Å²) in [5.41, 5.74) is 0. The first-order valence-corrected chi connectivity index (χ1v) is 4.53. The molecule has 4 N–H and O–H groups in total. The van der Waals surface area contributed by atoms with Crippen molar-refractivity contribution in [1.82, 2.24) is 0 Å². The van der Waals surface area contributed by atoms with Crippen molar-refractivity contribution >= 4 is 0 Å². The summed E-state index contributed by atoms with van der Waals surface area (Å²) in [6, 6.07) is 0. The normalized spacial score (nSPS) is 43.6. The molecule has 82 valence electrons. The fraction of sp³-hybridized carbons (Fsp3) is 0.778. The molecule has 5 heteroatoms. The summed E-state index contributed by atoms with van der Waals surface area (Å²) >= 11 is 0. The van der Waals surface area contributed by atoms with Crippen molar-refractivity contribution in [2.75, 3.05) is 6.61 Å². The minimum Gasteiger partial charge on any atom is -0.394 e. The van der Waals surface area contributed by atoms with E-state index in [1.807, 2.05) is 0 Å². The Morgan fingerprint density at radius 1 is 1.07 bits per heavy atom. The highest BCUT2D eigenvalue weighted by Gasteiger charge is 2.42. The van der Waals surface area contributed by atoms with Crippen LogP contribution >= 0.6 is 0 Å². The first-order chi connectivity index (χ1) is 6.61. The van der Waals surface area contributed by atoms with E-state index >= 15 is 0 Å². The summed E-state index contributed by atoms with van der Waals surface area (Å²) in [6.45, 7) is 3.10. The molecule has 0 aliphatic carbocycles. The first kappa shape index (κ1) is 11.6. The van der Waals surface area contributed by atoms with Gasteiger partial charge in [-0.15, -0.1) is 6.58 Å². The van der Waals surface area contributed by atoms with Crippen LogP contribution in [0.15, 0.2) is 12.7 Å². The zero-order chi connectivity index (χ0) is 10.7. The Labute approximate surface area is 82.3 Å². The van der Waals surface area contributed by atoms with Gasteiger partial charge < -0.3 is 25.2 Å². The van der Waals surface area contributed by atoms with E-state index in [-0.39, 0.29) is 0 Å². The second-order valence-corrected chi connectivity index (χ2v) is 3.39. The molecule has 0 aromatic rings. The van der Waals surface area contributed by atoms with Gasteiger partial charge in [0.05, 0.1) is 12.7 Å². The Balaban J connectivity index is 2.67. The summed E-state index contributed by atoms with van der Waals surface area (Å²) in [6.07, 6.45) is -3.25. The molecule has 1 saturated heterocycles. The quantitative estimate of drug-likeness (QED) is 0.416. The number of aliphatic hydroxyl groups excluding tert-OH is 4. The second kappa shape index (κ2) is 4.86. The van der Waals surface area contributed by atoms with Crippen LogP contribution in [0.25, 0.3) is 0 Å². The molecule has 5 atom stereocenters. The zero-order valence-electron chi connectivity index (χ0n) is 7.78. The number of hydrogen-bond donors (Lipinski definition) is 4. The topological polar surface area (TPSA) is 90.2 Å². The zero-order valence-corrected chi connectivity index (χ0v) is 7.78. The van der Waals surface area contributed by atoms with Gasteiger partial charge in [0.2, 0.25) is 0 Å². The molecule has 0 spiro atoms. The van der Waals surface area contributed by atoms with Crippen LogP contribution in [0.4, 0.5) is 0 Å². The predicted molar refractivity (Wildman–Crippen MR) is 48.6 cm³/mol. The Bertz CT molecular complexity index is 194. The summed E-state index contributed by atoms with van der Waals surface area (Å²) in [5, 5.41) is 37.1. The summed E-state index contributed by atoms with van der Waals surface area (Å²) in [4.78, 5) is 0. The average molecular weight is 204 g/mol. The van der Waals surface area contributed by atoms with Gasteiger partial charge >= 0.3 is 0 Å². The van der Waals surface area contributed by atoms with Crippen molar-refractivity contribution in [1.29, 1.82) is 0 Å². The Hall–Kier alpha value is -0.460. The van der Waals surface area contributed by atoms with Crippen LogP contribution in [-0.4, -0.2) is 57.6 Å². The van der Waals surface area contributed by atoms with Crippen molar-refractivity contribution in [2.45, 2.75) is 36.9 Å². The molecule has 1 rings (SSSR count). The molecule has 0 saturated carbocycles. The van der Waals surface area contributed by atoms with Crippen LogP contribution in [-0.2, 0) is 4.74 Å². The highest BCUT2D eigenvalue weighted by Crippen LogP contribution is 2.22. The maximum absolute atomic E-state index is 9.49. The second-order valence-electron chi connectivity index (χ2n) is 3.39. The molecule has 0 aromatic heterocycles. The maximum atomic E-state index is 9.49. The van der Waals surface area contributed by atoms with Crippen LogP contribution in [0.5, 0.6) is 0 Å². The van der Waals surface area contributed by atoms with E-state index in [0.717, 1.165) is 0 Å². The molecule has 0 aromatic carbocycles. The maximum Gasteiger partial charge on any atom is 0.111 e. The Morgan fingerprint density at radius 2 is 1.64 bits per heavy atom. The molecule has 1 unspecified atom stereocenters. The fourth-order valence-electron chi connectivity index (χ4n) is 1.54. The lowest BCUT2D eigenvalue weighted by atomic mass is 9.94. The van der Waals surface area contributed by atoms with Crippen molar-refractivity contribution in [2.24, 2.45) is 0 Å². The third kappa shape index (κ3) is 2.13. The van der Waals surface area contributed by atoms with Gasteiger partial charge in [-0.3, -0.25) is 0 Å². The smallest absolute Gasteiger partial charge is 0.111 e. The standard InChI is InChI=1S/C9H16O5/c1-2-3-5-7(11)9(13)8(12)6(4-10)14-5/h2,5-13H,1,3-4H2/t5?,6-,7+,8+,9-/m1/s1. The molecule has 5 nitrogen and oxygen atoms in total. The minimum absolute atomic E-state index is 0.363. The highest BCUT2D eigenvalue weighted by atomic mass is 16.5. The van der Waals surface area contributed by atoms with E-state index in [4.69, 9.17) is 9.84 Å². The molecule has 1 fully saturated rings. The van der Waals surface area contributed by atoms with Gasteiger partial charge in [-0.2, -0.15) is 0 Å². The third-order valence-electron chi connectivity index (χ3n) is 2.39. The monoisotopic (exact) mass is 204 g/mol. The van der Waals surface area contributed by atoms with Crippen molar-refractivity contribution < 1.29 is 25.2 Å². The number of ether oxygens (including phenoxy) is 1. The molecule has 0 bridgehead atoms. The first-order valence-electron chi connectivity index (χ1n) is 4.53.